The Morgan fingerprint density at radius 1 is 1.82 bits per heavy atom. The van der Waals surface area contributed by atoms with Crippen molar-refractivity contribution in [2.75, 3.05) is 0 Å². The number of carboxylic acid groups (broad SMARTS) is 1. The van der Waals surface area contributed by atoms with E-state index in [0.717, 1.165) is 12.1 Å². The van der Waals surface area contributed by atoms with Crippen LogP contribution in [0, 0.1) is 0 Å². The number of aryl methyl sites for hydroxylation is 1. The number of carbonyl (C=O) groups is 1. The molecule has 1 aliphatic heterocycles. The van der Waals surface area contributed by atoms with E-state index in [1.54, 1.807) is 6.20 Å². The second-order valence-electron chi connectivity index (χ2n) is 2.56. The van der Waals surface area contributed by atoms with E-state index < -0.39 is 12.0 Å². The van der Waals surface area contributed by atoms with Crippen LogP contribution in [0.3, 0.4) is 0 Å². The van der Waals surface area contributed by atoms with Crippen LogP contribution in [0.2, 0.25) is 0 Å². The molecule has 5 nitrogen and oxygen atoms in total. The van der Waals surface area contributed by atoms with Crippen molar-refractivity contribution in [1.82, 2.24) is 15.0 Å². The maximum atomic E-state index is 10.6. The Morgan fingerprint density at radius 2 is 2.64 bits per heavy atom. The minimum atomic E-state index is -0.825. The van der Waals surface area contributed by atoms with Crippen LogP contribution in [0.25, 0.3) is 0 Å². The van der Waals surface area contributed by atoms with Gasteiger partial charge in [0.1, 0.15) is 0 Å². The standard InChI is InChI=1S/C6H7N3O2/c10-6(11)5-2-1-4-3-7-8-9(4)5/h3,5H,1-2H2,(H,10,11)/t5-/m0/s1. The van der Waals surface area contributed by atoms with Gasteiger partial charge in [0, 0.05) is 0 Å². The molecule has 1 aromatic heterocycles. The van der Waals surface area contributed by atoms with Crippen LogP contribution < -0.4 is 0 Å². The summed E-state index contributed by atoms with van der Waals surface area (Å²) in [5.41, 5.74) is 0.914. The number of hydrogen-bond acceptors (Lipinski definition) is 3. The molecule has 0 saturated carbocycles. The average molecular weight is 153 g/mol. The highest BCUT2D eigenvalue weighted by atomic mass is 16.4. The molecule has 0 saturated heterocycles. The van der Waals surface area contributed by atoms with Gasteiger partial charge in [-0.05, 0) is 12.8 Å². The van der Waals surface area contributed by atoms with E-state index in [1.807, 2.05) is 0 Å². The highest BCUT2D eigenvalue weighted by Gasteiger charge is 2.28. The van der Waals surface area contributed by atoms with E-state index in [-0.39, 0.29) is 0 Å². The van der Waals surface area contributed by atoms with Crippen LogP contribution in [0.4, 0.5) is 0 Å². The summed E-state index contributed by atoms with van der Waals surface area (Å²) in [7, 11) is 0. The molecule has 0 amide bonds. The molecule has 11 heavy (non-hydrogen) atoms. The van der Waals surface area contributed by atoms with Gasteiger partial charge in [0.05, 0.1) is 11.9 Å². The van der Waals surface area contributed by atoms with Crippen molar-refractivity contribution >= 4 is 5.97 Å². The van der Waals surface area contributed by atoms with Crippen molar-refractivity contribution < 1.29 is 9.90 Å². The molecule has 1 atom stereocenters. The maximum absolute atomic E-state index is 10.6. The summed E-state index contributed by atoms with van der Waals surface area (Å²) < 4.78 is 1.47. The highest BCUT2D eigenvalue weighted by molar-refractivity contribution is 5.72. The van der Waals surface area contributed by atoms with Crippen LogP contribution in [0.5, 0.6) is 0 Å². The average Bonchev–Trinajstić information content (AvgIpc) is 2.41. The Balaban J connectivity index is 2.38. The van der Waals surface area contributed by atoms with Gasteiger partial charge in [-0.1, -0.05) is 5.21 Å². The van der Waals surface area contributed by atoms with Gasteiger partial charge in [0.25, 0.3) is 0 Å². The second kappa shape index (κ2) is 2.05. The molecule has 2 rings (SSSR count). The normalized spacial score (nSPS) is 21.6. The molecule has 58 valence electrons. The fourth-order valence-corrected chi connectivity index (χ4v) is 1.34. The lowest BCUT2D eigenvalue weighted by Crippen LogP contribution is -2.16. The fraction of sp³-hybridized carbons (Fsp3) is 0.500. The molecule has 1 aromatic rings. The Kier molecular flexibility index (Phi) is 1.18. The molecule has 0 unspecified atom stereocenters. The summed E-state index contributed by atoms with van der Waals surface area (Å²) in [4.78, 5) is 10.6. The second-order valence-corrected chi connectivity index (χ2v) is 2.56. The van der Waals surface area contributed by atoms with E-state index in [4.69, 9.17) is 5.11 Å². The summed E-state index contributed by atoms with van der Waals surface area (Å²) in [6.45, 7) is 0. The topological polar surface area (TPSA) is 68.0 Å². The number of rotatable bonds is 1. The Morgan fingerprint density at radius 3 is 3.36 bits per heavy atom. The molecule has 1 N–H and O–H groups in total. The Labute approximate surface area is 62.6 Å². The molecule has 2 heterocycles. The lowest BCUT2D eigenvalue weighted by molar-refractivity contribution is -0.141. The molecular weight excluding hydrogens is 146 g/mol. The number of aliphatic carboxylic acids is 1. The summed E-state index contributed by atoms with van der Waals surface area (Å²) in [6.07, 6.45) is 3.02. The predicted molar refractivity (Wildman–Crippen MR) is 35.0 cm³/mol. The van der Waals surface area contributed by atoms with Gasteiger partial charge in [-0.25, -0.2) is 9.48 Å². The molecule has 0 spiro atoms. The Hall–Kier alpha value is -1.39. The third-order valence-corrected chi connectivity index (χ3v) is 1.90. The van der Waals surface area contributed by atoms with Gasteiger partial charge in [-0.2, -0.15) is 0 Å². The van der Waals surface area contributed by atoms with Crippen molar-refractivity contribution in [3.63, 3.8) is 0 Å². The predicted octanol–water partition coefficient (Wildman–Crippen LogP) is -0.150. The van der Waals surface area contributed by atoms with Crippen molar-refractivity contribution in [3.8, 4) is 0 Å². The summed E-state index contributed by atoms with van der Waals surface area (Å²) in [5, 5.41) is 16.0. The fourth-order valence-electron chi connectivity index (χ4n) is 1.34. The van der Waals surface area contributed by atoms with Gasteiger partial charge in [0.15, 0.2) is 6.04 Å². The van der Waals surface area contributed by atoms with E-state index in [0.29, 0.717) is 6.42 Å². The van der Waals surface area contributed by atoms with Crippen molar-refractivity contribution in [2.24, 2.45) is 0 Å². The first-order valence-corrected chi connectivity index (χ1v) is 3.41. The molecule has 5 heteroatoms. The number of nitrogens with zero attached hydrogens (tertiary/aromatic N) is 3. The number of fused-ring (bicyclic) bond motifs is 1. The summed E-state index contributed by atoms with van der Waals surface area (Å²) in [5.74, 6) is -0.825. The van der Waals surface area contributed by atoms with E-state index in [2.05, 4.69) is 10.3 Å². The quantitative estimate of drug-likeness (QED) is 0.609. The molecule has 0 aromatic carbocycles. The molecule has 0 fully saturated rings. The zero-order valence-electron chi connectivity index (χ0n) is 5.77. The van der Waals surface area contributed by atoms with Crippen LogP contribution in [0.15, 0.2) is 6.20 Å². The van der Waals surface area contributed by atoms with E-state index in [9.17, 15) is 4.79 Å². The van der Waals surface area contributed by atoms with E-state index >= 15 is 0 Å². The first-order valence-electron chi connectivity index (χ1n) is 3.41. The smallest absolute Gasteiger partial charge is 0.328 e. The monoisotopic (exact) mass is 153 g/mol. The van der Waals surface area contributed by atoms with Gasteiger partial charge in [-0.3, -0.25) is 0 Å². The van der Waals surface area contributed by atoms with Gasteiger partial charge in [0.2, 0.25) is 0 Å². The van der Waals surface area contributed by atoms with Crippen LogP contribution in [0.1, 0.15) is 18.2 Å². The highest BCUT2D eigenvalue weighted by Crippen LogP contribution is 2.23. The number of carboxylic acids is 1. The third-order valence-electron chi connectivity index (χ3n) is 1.90. The largest absolute Gasteiger partial charge is 0.480 e. The third kappa shape index (κ3) is 0.806. The van der Waals surface area contributed by atoms with Gasteiger partial charge < -0.3 is 5.11 Å². The van der Waals surface area contributed by atoms with Crippen molar-refractivity contribution in [2.45, 2.75) is 18.9 Å². The summed E-state index contributed by atoms with van der Waals surface area (Å²) in [6, 6.07) is -0.493. The number of hydrogen-bond donors (Lipinski definition) is 1. The van der Waals surface area contributed by atoms with Crippen LogP contribution in [-0.2, 0) is 11.2 Å². The molecule has 0 bridgehead atoms. The lowest BCUT2D eigenvalue weighted by atomic mass is 10.2. The zero-order chi connectivity index (χ0) is 7.84. The first kappa shape index (κ1) is 6.33. The van der Waals surface area contributed by atoms with Crippen molar-refractivity contribution in [1.29, 1.82) is 0 Å². The first-order chi connectivity index (χ1) is 5.29. The molecule has 0 radical (unpaired) electrons. The maximum Gasteiger partial charge on any atom is 0.328 e. The zero-order valence-corrected chi connectivity index (χ0v) is 5.77. The van der Waals surface area contributed by atoms with Gasteiger partial charge >= 0.3 is 5.97 Å². The minimum absolute atomic E-state index is 0.493. The lowest BCUT2D eigenvalue weighted by Gasteiger charge is -2.02. The van der Waals surface area contributed by atoms with Crippen LogP contribution in [-0.4, -0.2) is 26.1 Å². The SMILES string of the molecule is O=C(O)[C@@H]1CCc2cnnn21. The van der Waals surface area contributed by atoms with Crippen LogP contribution >= 0.6 is 0 Å². The number of aromatic nitrogens is 3. The molecule has 1 aliphatic rings. The summed E-state index contributed by atoms with van der Waals surface area (Å²) >= 11 is 0. The van der Waals surface area contributed by atoms with E-state index in [1.165, 1.54) is 4.68 Å². The molecule has 0 aliphatic carbocycles. The molecular formula is C6H7N3O2. The minimum Gasteiger partial charge on any atom is -0.480 e. The van der Waals surface area contributed by atoms with Crippen molar-refractivity contribution in [3.05, 3.63) is 11.9 Å². The Bertz CT molecular complexity index is 294. The van der Waals surface area contributed by atoms with Gasteiger partial charge in [-0.15, -0.1) is 5.10 Å².